The van der Waals surface area contributed by atoms with Crippen molar-refractivity contribution in [2.24, 2.45) is 5.92 Å². The summed E-state index contributed by atoms with van der Waals surface area (Å²) < 4.78 is 0. The van der Waals surface area contributed by atoms with Crippen LogP contribution in [0.15, 0.2) is 54.6 Å². The van der Waals surface area contributed by atoms with Crippen LogP contribution in [0.5, 0.6) is 0 Å². The summed E-state index contributed by atoms with van der Waals surface area (Å²) in [6, 6.07) is 14.4. The molecule has 5 nitrogen and oxygen atoms in total. The molecule has 1 aliphatic heterocycles. The first-order valence-electron chi connectivity index (χ1n) is 9.86. The number of nitrogens with one attached hydrogen (secondary N) is 2. The van der Waals surface area contributed by atoms with Gasteiger partial charge in [0.05, 0.1) is 0 Å². The van der Waals surface area contributed by atoms with Crippen LogP contribution in [0.25, 0.3) is 6.08 Å². The maximum Gasteiger partial charge on any atom is 0.253 e. The lowest BCUT2D eigenvalue weighted by Crippen LogP contribution is -2.38. The number of halogens is 1. The molecule has 2 N–H and O–H groups in total. The second-order valence-corrected chi connectivity index (χ2v) is 8.17. The van der Waals surface area contributed by atoms with Gasteiger partial charge in [0, 0.05) is 35.4 Å². The lowest BCUT2D eigenvalue weighted by molar-refractivity contribution is -0.115. The number of piperidine rings is 1. The van der Waals surface area contributed by atoms with Gasteiger partial charge < -0.3 is 10.2 Å². The van der Waals surface area contributed by atoms with E-state index in [4.69, 9.17) is 23.8 Å². The Morgan fingerprint density at radius 1 is 1.13 bits per heavy atom. The van der Waals surface area contributed by atoms with Crippen LogP contribution in [0.3, 0.4) is 0 Å². The van der Waals surface area contributed by atoms with E-state index in [9.17, 15) is 9.59 Å². The molecule has 3 rings (SSSR count). The minimum atomic E-state index is -0.373. The Hall–Kier alpha value is -2.70. The zero-order chi connectivity index (χ0) is 21.5. The standard InChI is InChI=1S/C23H24ClN3O2S/c1-16-11-13-27(14-12-16)22(29)18-6-4-7-19(15-18)25-23(30)26-21(28)10-9-17-5-2-3-8-20(17)24/h2-10,15-16H,11-14H2,1H3,(H2,25,26,28,30)/b10-9+. The summed E-state index contributed by atoms with van der Waals surface area (Å²) in [4.78, 5) is 26.7. The maximum atomic E-state index is 12.7. The van der Waals surface area contributed by atoms with Crippen LogP contribution in [-0.4, -0.2) is 34.9 Å². The number of carbonyl (C=O) groups excluding carboxylic acids is 2. The Labute approximate surface area is 187 Å². The minimum Gasteiger partial charge on any atom is -0.339 e. The van der Waals surface area contributed by atoms with Crippen molar-refractivity contribution >= 4 is 52.5 Å². The summed E-state index contributed by atoms with van der Waals surface area (Å²) in [7, 11) is 0. The van der Waals surface area contributed by atoms with Gasteiger partial charge in [-0.25, -0.2) is 0 Å². The molecule has 0 spiro atoms. The Bertz CT molecular complexity index is 968. The summed E-state index contributed by atoms with van der Waals surface area (Å²) in [5, 5.41) is 6.26. The highest BCUT2D eigenvalue weighted by Gasteiger charge is 2.21. The smallest absolute Gasteiger partial charge is 0.253 e. The third-order valence-electron chi connectivity index (χ3n) is 4.99. The minimum absolute atomic E-state index is 0.0168. The molecular formula is C23H24ClN3O2S. The van der Waals surface area contributed by atoms with Gasteiger partial charge >= 0.3 is 0 Å². The van der Waals surface area contributed by atoms with Crippen molar-refractivity contribution in [3.63, 3.8) is 0 Å². The van der Waals surface area contributed by atoms with E-state index in [2.05, 4.69) is 17.6 Å². The zero-order valence-electron chi connectivity index (χ0n) is 16.7. The van der Waals surface area contributed by atoms with Crippen molar-refractivity contribution in [3.05, 3.63) is 70.8 Å². The highest BCUT2D eigenvalue weighted by atomic mass is 35.5. The van der Waals surface area contributed by atoms with Crippen LogP contribution in [0.4, 0.5) is 5.69 Å². The number of carbonyl (C=O) groups is 2. The topological polar surface area (TPSA) is 61.4 Å². The van der Waals surface area contributed by atoms with Crippen molar-refractivity contribution in [2.75, 3.05) is 18.4 Å². The van der Waals surface area contributed by atoms with Crippen LogP contribution in [0, 0.1) is 5.92 Å². The lowest BCUT2D eigenvalue weighted by Gasteiger charge is -2.30. The van der Waals surface area contributed by atoms with Gasteiger partial charge in [-0.05, 0) is 66.9 Å². The number of hydrogen-bond acceptors (Lipinski definition) is 3. The molecule has 2 aromatic rings. The molecule has 30 heavy (non-hydrogen) atoms. The largest absolute Gasteiger partial charge is 0.339 e. The number of anilines is 1. The van der Waals surface area contributed by atoms with E-state index in [1.165, 1.54) is 6.08 Å². The molecule has 2 amide bonds. The van der Waals surface area contributed by atoms with Gasteiger partial charge in [-0.2, -0.15) is 0 Å². The zero-order valence-corrected chi connectivity index (χ0v) is 18.3. The van der Waals surface area contributed by atoms with Crippen molar-refractivity contribution in [1.29, 1.82) is 0 Å². The monoisotopic (exact) mass is 441 g/mol. The second kappa shape index (κ2) is 10.4. The third-order valence-corrected chi connectivity index (χ3v) is 5.54. The second-order valence-electron chi connectivity index (χ2n) is 7.35. The van der Waals surface area contributed by atoms with E-state index in [0.29, 0.717) is 22.2 Å². The summed E-state index contributed by atoms with van der Waals surface area (Å²) in [5.74, 6) is 0.306. The fourth-order valence-corrected chi connectivity index (χ4v) is 3.63. The predicted molar refractivity (Wildman–Crippen MR) is 126 cm³/mol. The molecule has 0 aromatic heterocycles. The van der Waals surface area contributed by atoms with Gasteiger partial charge in [0.15, 0.2) is 5.11 Å². The molecule has 0 unspecified atom stereocenters. The molecular weight excluding hydrogens is 418 g/mol. The van der Waals surface area contributed by atoms with Crippen LogP contribution in [0.1, 0.15) is 35.7 Å². The van der Waals surface area contributed by atoms with Gasteiger partial charge in [0.1, 0.15) is 0 Å². The molecule has 1 aliphatic rings. The van der Waals surface area contributed by atoms with E-state index in [1.807, 2.05) is 23.1 Å². The Morgan fingerprint density at radius 3 is 2.60 bits per heavy atom. The molecule has 156 valence electrons. The summed E-state index contributed by atoms with van der Waals surface area (Å²) in [6.45, 7) is 3.78. The first-order chi connectivity index (χ1) is 14.4. The van der Waals surface area contributed by atoms with Gasteiger partial charge in [-0.3, -0.25) is 14.9 Å². The van der Waals surface area contributed by atoms with Crippen molar-refractivity contribution in [1.82, 2.24) is 10.2 Å². The number of rotatable bonds is 4. The molecule has 0 saturated carbocycles. The molecule has 1 fully saturated rings. The van der Waals surface area contributed by atoms with E-state index < -0.39 is 0 Å². The van der Waals surface area contributed by atoms with Crippen LogP contribution < -0.4 is 10.6 Å². The number of benzene rings is 2. The number of nitrogens with zero attached hydrogens (tertiary/aromatic N) is 1. The molecule has 0 bridgehead atoms. The third kappa shape index (κ3) is 6.15. The SMILES string of the molecule is CC1CCN(C(=O)c2cccc(NC(=S)NC(=O)/C=C/c3ccccc3Cl)c2)CC1. The average molecular weight is 442 g/mol. The molecule has 0 atom stereocenters. The molecule has 7 heteroatoms. The van der Waals surface area contributed by atoms with Crippen LogP contribution in [0.2, 0.25) is 5.02 Å². The lowest BCUT2D eigenvalue weighted by atomic mass is 9.98. The normalized spacial score (nSPS) is 14.5. The number of likely N-dealkylation sites (tertiary alicyclic amines) is 1. The molecule has 0 aliphatic carbocycles. The van der Waals surface area contributed by atoms with Crippen molar-refractivity contribution in [3.8, 4) is 0 Å². The molecule has 0 radical (unpaired) electrons. The summed E-state index contributed by atoms with van der Waals surface area (Å²) >= 11 is 11.3. The fourth-order valence-electron chi connectivity index (χ4n) is 3.22. The maximum absolute atomic E-state index is 12.7. The van der Waals surface area contributed by atoms with Crippen LogP contribution in [-0.2, 0) is 4.79 Å². The van der Waals surface area contributed by atoms with Gasteiger partial charge in [-0.1, -0.05) is 42.8 Å². The first-order valence-corrected chi connectivity index (χ1v) is 10.6. The van der Waals surface area contributed by atoms with Gasteiger partial charge in [-0.15, -0.1) is 0 Å². The molecule has 1 saturated heterocycles. The average Bonchev–Trinajstić information content (AvgIpc) is 2.73. The van der Waals surface area contributed by atoms with E-state index in [0.717, 1.165) is 31.5 Å². The fraction of sp³-hybridized carbons (Fsp3) is 0.261. The number of hydrogen-bond donors (Lipinski definition) is 2. The first kappa shape index (κ1) is 22.0. The highest BCUT2D eigenvalue weighted by Crippen LogP contribution is 2.20. The summed E-state index contributed by atoms with van der Waals surface area (Å²) in [6.07, 6.45) is 5.05. The number of thiocarbonyl (C=S) groups is 1. The van der Waals surface area contributed by atoms with E-state index in [-0.39, 0.29) is 16.9 Å². The summed E-state index contributed by atoms with van der Waals surface area (Å²) in [5.41, 5.74) is 1.99. The Kier molecular flexibility index (Phi) is 7.60. The Morgan fingerprint density at radius 2 is 1.87 bits per heavy atom. The van der Waals surface area contributed by atoms with Gasteiger partial charge in [0.25, 0.3) is 5.91 Å². The molecule has 2 aromatic carbocycles. The van der Waals surface area contributed by atoms with Crippen molar-refractivity contribution < 1.29 is 9.59 Å². The van der Waals surface area contributed by atoms with Crippen molar-refractivity contribution in [2.45, 2.75) is 19.8 Å². The quantitative estimate of drug-likeness (QED) is 0.531. The van der Waals surface area contributed by atoms with Gasteiger partial charge in [0.2, 0.25) is 5.91 Å². The predicted octanol–water partition coefficient (Wildman–Crippen LogP) is 4.74. The molecule has 1 heterocycles. The van der Waals surface area contributed by atoms with Crippen LogP contribution >= 0.6 is 23.8 Å². The van der Waals surface area contributed by atoms with E-state index >= 15 is 0 Å². The Balaban J connectivity index is 1.56. The van der Waals surface area contributed by atoms with E-state index in [1.54, 1.807) is 36.4 Å². The number of amides is 2. The highest BCUT2D eigenvalue weighted by molar-refractivity contribution is 7.80.